The van der Waals surface area contributed by atoms with Crippen LogP contribution in [0.4, 0.5) is 0 Å². The Morgan fingerprint density at radius 3 is 2.00 bits per heavy atom. The fourth-order valence-electron chi connectivity index (χ4n) is 4.68. The number of unbranched alkanes of at least 4 members (excludes halogenated alkanes) is 2. The molecule has 1 aliphatic carbocycles. The summed E-state index contributed by atoms with van der Waals surface area (Å²) in [5.74, 6) is -0.717. The summed E-state index contributed by atoms with van der Waals surface area (Å²) >= 11 is 0. The van der Waals surface area contributed by atoms with E-state index in [4.69, 9.17) is 9.47 Å². The van der Waals surface area contributed by atoms with Crippen molar-refractivity contribution in [2.45, 2.75) is 70.5 Å². The summed E-state index contributed by atoms with van der Waals surface area (Å²) in [6.07, 6.45) is 7.33. The van der Waals surface area contributed by atoms with Gasteiger partial charge in [0.1, 0.15) is 0 Å². The number of hydrogen-bond donors (Lipinski definition) is 0. The van der Waals surface area contributed by atoms with E-state index in [2.05, 4.69) is 56.3 Å². The Balaban J connectivity index is 2.21. The maximum absolute atomic E-state index is 5.72. The Bertz CT molecular complexity index is 766. The molecule has 0 aromatic heterocycles. The molecule has 0 aliphatic heterocycles. The maximum atomic E-state index is 5.72. The topological polar surface area (TPSA) is 18.5 Å². The molecule has 0 amide bonds. The van der Waals surface area contributed by atoms with Gasteiger partial charge in [0.15, 0.2) is 5.79 Å². The minimum absolute atomic E-state index is 0.107. The van der Waals surface area contributed by atoms with Crippen LogP contribution in [-0.2, 0) is 20.7 Å². The monoisotopic (exact) mass is 366 g/mol. The van der Waals surface area contributed by atoms with Gasteiger partial charge in [-0.3, -0.25) is 0 Å². The van der Waals surface area contributed by atoms with Crippen LogP contribution in [0.1, 0.15) is 76.0 Å². The molecule has 1 aliphatic rings. The molecule has 0 saturated carbocycles. The lowest BCUT2D eigenvalue weighted by molar-refractivity contribution is -0.201. The van der Waals surface area contributed by atoms with Crippen LogP contribution < -0.4 is 0 Å². The zero-order valence-electron chi connectivity index (χ0n) is 17.6. The van der Waals surface area contributed by atoms with E-state index in [9.17, 15) is 0 Å². The molecule has 0 saturated heterocycles. The third-order valence-electron chi connectivity index (χ3n) is 6.49. The van der Waals surface area contributed by atoms with Gasteiger partial charge in [-0.25, -0.2) is 0 Å². The van der Waals surface area contributed by atoms with Crippen LogP contribution in [0, 0.1) is 0 Å². The summed E-state index contributed by atoms with van der Waals surface area (Å²) in [5.41, 5.74) is 6.96. The van der Waals surface area contributed by atoms with Crippen LogP contribution in [0.2, 0.25) is 0 Å². The Kier molecular flexibility index (Phi) is 6.08. The van der Waals surface area contributed by atoms with Gasteiger partial charge in [-0.1, -0.05) is 75.9 Å². The smallest absolute Gasteiger partial charge is 0.191 e. The lowest BCUT2D eigenvalue weighted by Crippen LogP contribution is -2.29. The Morgan fingerprint density at radius 1 is 0.815 bits per heavy atom. The van der Waals surface area contributed by atoms with Crippen molar-refractivity contribution in [3.05, 3.63) is 59.2 Å². The predicted octanol–water partition coefficient (Wildman–Crippen LogP) is 6.80. The van der Waals surface area contributed by atoms with Crippen molar-refractivity contribution >= 4 is 0 Å². The van der Waals surface area contributed by atoms with E-state index in [-0.39, 0.29) is 5.41 Å². The number of rotatable bonds is 9. The zero-order chi connectivity index (χ0) is 19.5. The molecule has 0 fully saturated rings. The third kappa shape index (κ3) is 3.34. The Hall–Kier alpha value is -1.64. The molecule has 146 valence electrons. The SMILES string of the molecule is CCCCC1(CCCC)c2ccccc2-c2ccc(C(C)(OC)OC)cc21. The fraction of sp³-hybridized carbons (Fsp3) is 0.520. The number of fused-ring (bicyclic) bond motifs is 3. The molecular formula is C25H34O2. The first-order valence-corrected chi connectivity index (χ1v) is 10.4. The van der Waals surface area contributed by atoms with Gasteiger partial charge in [0, 0.05) is 25.2 Å². The quantitative estimate of drug-likeness (QED) is 0.454. The van der Waals surface area contributed by atoms with E-state index in [0.717, 1.165) is 5.56 Å². The first-order chi connectivity index (χ1) is 13.1. The van der Waals surface area contributed by atoms with E-state index in [1.807, 2.05) is 6.92 Å². The number of benzene rings is 2. The number of ether oxygens (including phenoxy) is 2. The molecular weight excluding hydrogens is 332 g/mol. The van der Waals surface area contributed by atoms with Gasteiger partial charge in [-0.15, -0.1) is 0 Å². The third-order valence-corrected chi connectivity index (χ3v) is 6.49. The fourth-order valence-corrected chi connectivity index (χ4v) is 4.68. The summed E-state index contributed by atoms with van der Waals surface area (Å²) in [6.45, 7) is 6.58. The van der Waals surface area contributed by atoms with Crippen LogP contribution in [0.5, 0.6) is 0 Å². The number of hydrogen-bond acceptors (Lipinski definition) is 2. The van der Waals surface area contributed by atoms with Gasteiger partial charge in [0.25, 0.3) is 0 Å². The van der Waals surface area contributed by atoms with E-state index in [1.165, 1.54) is 60.8 Å². The highest BCUT2D eigenvalue weighted by Crippen LogP contribution is 2.54. The molecule has 3 rings (SSSR count). The summed E-state index contributed by atoms with van der Waals surface area (Å²) < 4.78 is 11.4. The summed E-state index contributed by atoms with van der Waals surface area (Å²) in [6, 6.07) is 15.8. The van der Waals surface area contributed by atoms with Gasteiger partial charge < -0.3 is 9.47 Å². The molecule has 0 spiro atoms. The summed E-state index contributed by atoms with van der Waals surface area (Å²) in [4.78, 5) is 0. The van der Waals surface area contributed by atoms with Crippen LogP contribution >= 0.6 is 0 Å². The summed E-state index contributed by atoms with van der Waals surface area (Å²) in [7, 11) is 3.43. The molecule has 2 heteroatoms. The van der Waals surface area contributed by atoms with Crippen LogP contribution in [0.25, 0.3) is 11.1 Å². The second kappa shape index (κ2) is 8.16. The van der Waals surface area contributed by atoms with Gasteiger partial charge >= 0.3 is 0 Å². The zero-order valence-corrected chi connectivity index (χ0v) is 17.6. The summed E-state index contributed by atoms with van der Waals surface area (Å²) in [5, 5.41) is 0. The molecule has 0 radical (unpaired) electrons. The molecule has 27 heavy (non-hydrogen) atoms. The lowest BCUT2D eigenvalue weighted by Gasteiger charge is -2.34. The van der Waals surface area contributed by atoms with Gasteiger partial charge in [-0.2, -0.15) is 0 Å². The minimum atomic E-state index is -0.717. The minimum Gasteiger partial charge on any atom is -0.349 e. The predicted molar refractivity (Wildman–Crippen MR) is 113 cm³/mol. The van der Waals surface area contributed by atoms with Crippen molar-refractivity contribution in [3.8, 4) is 11.1 Å². The van der Waals surface area contributed by atoms with Crippen molar-refractivity contribution in [1.82, 2.24) is 0 Å². The molecule has 0 N–H and O–H groups in total. The highest BCUT2D eigenvalue weighted by Gasteiger charge is 2.43. The second-order valence-electron chi connectivity index (χ2n) is 7.95. The van der Waals surface area contributed by atoms with Crippen molar-refractivity contribution in [2.75, 3.05) is 14.2 Å². The molecule has 0 bridgehead atoms. The molecule has 0 atom stereocenters. The van der Waals surface area contributed by atoms with Crippen LogP contribution in [-0.4, -0.2) is 14.2 Å². The van der Waals surface area contributed by atoms with Crippen LogP contribution in [0.15, 0.2) is 42.5 Å². The largest absolute Gasteiger partial charge is 0.349 e. The average Bonchev–Trinajstić information content (AvgIpc) is 3.00. The van der Waals surface area contributed by atoms with E-state index < -0.39 is 5.79 Å². The molecule has 2 aromatic rings. The maximum Gasteiger partial charge on any atom is 0.191 e. The first-order valence-electron chi connectivity index (χ1n) is 10.4. The Morgan fingerprint density at radius 2 is 1.41 bits per heavy atom. The molecule has 2 nitrogen and oxygen atoms in total. The normalized spacial score (nSPS) is 14.9. The Labute approximate surface area is 164 Å². The van der Waals surface area contributed by atoms with Crippen molar-refractivity contribution < 1.29 is 9.47 Å². The van der Waals surface area contributed by atoms with Crippen molar-refractivity contribution in [3.63, 3.8) is 0 Å². The lowest BCUT2D eigenvalue weighted by atomic mass is 9.70. The second-order valence-corrected chi connectivity index (χ2v) is 7.95. The van der Waals surface area contributed by atoms with E-state index >= 15 is 0 Å². The molecule has 0 unspecified atom stereocenters. The van der Waals surface area contributed by atoms with Crippen molar-refractivity contribution in [2.24, 2.45) is 0 Å². The highest BCUT2D eigenvalue weighted by atomic mass is 16.7. The van der Waals surface area contributed by atoms with Gasteiger partial charge in [0.05, 0.1) is 0 Å². The van der Waals surface area contributed by atoms with E-state index in [1.54, 1.807) is 14.2 Å². The van der Waals surface area contributed by atoms with Crippen molar-refractivity contribution in [1.29, 1.82) is 0 Å². The van der Waals surface area contributed by atoms with Gasteiger partial charge in [0.2, 0.25) is 0 Å². The first kappa shape index (κ1) is 20.1. The highest BCUT2D eigenvalue weighted by molar-refractivity contribution is 5.81. The van der Waals surface area contributed by atoms with Crippen LogP contribution in [0.3, 0.4) is 0 Å². The molecule has 2 aromatic carbocycles. The number of methoxy groups -OCH3 is 2. The standard InChI is InChI=1S/C25H34O2/c1-6-8-16-25(17-9-7-2)22-13-11-10-12-20(22)21-15-14-19(18-23(21)25)24(3,26-4)27-5/h10-15,18H,6-9,16-17H2,1-5H3. The van der Waals surface area contributed by atoms with E-state index in [0.29, 0.717) is 0 Å². The van der Waals surface area contributed by atoms with Gasteiger partial charge in [-0.05, 0) is 48.1 Å². The average molecular weight is 367 g/mol. The molecule has 0 heterocycles.